The number of hydrogen-bond acceptors (Lipinski definition) is 5. The highest BCUT2D eigenvalue weighted by Crippen LogP contribution is 2.30. The van der Waals surface area contributed by atoms with E-state index in [1.807, 2.05) is 0 Å². The maximum atomic E-state index is 13.8. The van der Waals surface area contributed by atoms with Gasteiger partial charge in [-0.1, -0.05) is 0 Å². The first-order chi connectivity index (χ1) is 14.4. The number of rotatable bonds is 5. The maximum Gasteiger partial charge on any atom is 0.265 e. The molecule has 0 atom stereocenters. The number of benzene rings is 1. The minimum absolute atomic E-state index is 0.0153. The molecule has 6 nitrogen and oxygen atoms in total. The van der Waals surface area contributed by atoms with E-state index >= 15 is 0 Å². The molecule has 1 aromatic carbocycles. The summed E-state index contributed by atoms with van der Waals surface area (Å²) in [5.74, 6) is -1.76. The molecule has 0 N–H and O–H groups in total. The monoisotopic (exact) mass is 456 g/mol. The van der Waals surface area contributed by atoms with E-state index in [9.17, 15) is 22.0 Å². The van der Waals surface area contributed by atoms with Crippen LogP contribution in [0.5, 0.6) is 5.75 Å². The van der Waals surface area contributed by atoms with Crippen LogP contribution in [0.2, 0.25) is 0 Å². The van der Waals surface area contributed by atoms with Gasteiger partial charge in [0.05, 0.1) is 0 Å². The molecule has 30 heavy (non-hydrogen) atoms. The van der Waals surface area contributed by atoms with Crippen molar-refractivity contribution in [1.82, 2.24) is 9.21 Å². The summed E-state index contributed by atoms with van der Waals surface area (Å²) in [6.07, 6.45) is 2.30. The molecular weight excluding hydrogens is 434 g/mol. The molecule has 2 aliphatic heterocycles. The van der Waals surface area contributed by atoms with Crippen molar-refractivity contribution in [2.24, 2.45) is 0 Å². The van der Waals surface area contributed by atoms with Crippen molar-refractivity contribution in [1.29, 1.82) is 0 Å². The Hall–Kier alpha value is -2.04. The molecule has 2 saturated heterocycles. The summed E-state index contributed by atoms with van der Waals surface area (Å²) < 4.78 is 59.7. The van der Waals surface area contributed by atoms with Crippen LogP contribution >= 0.6 is 11.3 Å². The summed E-state index contributed by atoms with van der Waals surface area (Å²) in [4.78, 5) is 14.9. The standard InChI is InChI=1S/C20H22F2N2O4S2/c21-14-3-4-17(16(22)13-14)28-15-5-10-23(11-6-15)20(25)19-18(7-12-29-19)30(26,27)24-8-1-2-9-24/h3-4,7,12-13,15H,1-2,5-6,8-11H2. The van der Waals surface area contributed by atoms with Crippen LogP contribution in [-0.2, 0) is 10.0 Å². The van der Waals surface area contributed by atoms with Crippen LogP contribution in [0.15, 0.2) is 34.5 Å². The molecule has 2 fully saturated rings. The van der Waals surface area contributed by atoms with Crippen molar-refractivity contribution in [3.05, 3.63) is 46.2 Å². The van der Waals surface area contributed by atoms with Gasteiger partial charge in [0.2, 0.25) is 10.0 Å². The number of nitrogens with zero attached hydrogens (tertiary/aromatic N) is 2. The van der Waals surface area contributed by atoms with Crippen LogP contribution < -0.4 is 4.74 Å². The number of carbonyl (C=O) groups excluding carboxylic acids is 1. The van der Waals surface area contributed by atoms with Crippen molar-refractivity contribution < 1.29 is 26.7 Å². The van der Waals surface area contributed by atoms with E-state index in [1.165, 1.54) is 16.4 Å². The Labute approximate surface area is 178 Å². The molecule has 2 aliphatic rings. The van der Waals surface area contributed by atoms with E-state index < -0.39 is 21.7 Å². The number of carbonyl (C=O) groups is 1. The number of hydrogen-bond donors (Lipinski definition) is 0. The predicted molar refractivity (Wildman–Crippen MR) is 108 cm³/mol. The summed E-state index contributed by atoms with van der Waals surface area (Å²) >= 11 is 1.13. The van der Waals surface area contributed by atoms with Crippen molar-refractivity contribution in [3.63, 3.8) is 0 Å². The molecule has 4 rings (SSSR count). The summed E-state index contributed by atoms with van der Waals surface area (Å²) in [6, 6.07) is 4.66. The fourth-order valence-electron chi connectivity index (χ4n) is 3.79. The van der Waals surface area contributed by atoms with Crippen molar-refractivity contribution >= 4 is 27.3 Å². The van der Waals surface area contributed by atoms with Crippen LogP contribution in [-0.4, -0.2) is 55.8 Å². The van der Waals surface area contributed by atoms with Crippen LogP contribution in [0.3, 0.4) is 0 Å². The first-order valence-electron chi connectivity index (χ1n) is 9.85. The topological polar surface area (TPSA) is 66.9 Å². The first kappa shape index (κ1) is 21.2. The summed E-state index contributed by atoms with van der Waals surface area (Å²) in [7, 11) is -3.67. The minimum atomic E-state index is -3.67. The number of halogens is 2. The quantitative estimate of drug-likeness (QED) is 0.691. The van der Waals surface area contributed by atoms with Gasteiger partial charge in [-0.25, -0.2) is 17.2 Å². The highest BCUT2D eigenvalue weighted by atomic mass is 32.2. The average molecular weight is 457 g/mol. The third-order valence-corrected chi connectivity index (χ3v) is 8.40. The van der Waals surface area contributed by atoms with Gasteiger partial charge in [-0.15, -0.1) is 11.3 Å². The van der Waals surface area contributed by atoms with Gasteiger partial charge < -0.3 is 9.64 Å². The zero-order valence-electron chi connectivity index (χ0n) is 16.2. The van der Waals surface area contributed by atoms with E-state index in [0.717, 1.165) is 36.3 Å². The second-order valence-electron chi connectivity index (χ2n) is 7.41. The van der Waals surface area contributed by atoms with Gasteiger partial charge in [0.15, 0.2) is 11.6 Å². The minimum Gasteiger partial charge on any atom is -0.487 e. The molecule has 10 heteroatoms. The van der Waals surface area contributed by atoms with E-state index in [-0.39, 0.29) is 27.5 Å². The Bertz CT molecular complexity index is 1030. The lowest BCUT2D eigenvalue weighted by molar-refractivity contribution is 0.0589. The fraction of sp³-hybridized carbons (Fsp3) is 0.450. The molecular formula is C20H22F2N2O4S2. The number of ether oxygens (including phenoxy) is 1. The molecule has 0 spiro atoms. The third-order valence-electron chi connectivity index (χ3n) is 5.42. The Morgan fingerprint density at radius 2 is 1.77 bits per heavy atom. The third kappa shape index (κ3) is 4.21. The molecule has 0 radical (unpaired) electrons. The number of amides is 1. The largest absolute Gasteiger partial charge is 0.487 e. The molecule has 0 unspecified atom stereocenters. The van der Waals surface area contributed by atoms with Gasteiger partial charge in [-0.2, -0.15) is 4.31 Å². The van der Waals surface area contributed by atoms with Crippen molar-refractivity contribution in [2.45, 2.75) is 36.7 Å². The molecule has 1 aromatic heterocycles. The van der Waals surface area contributed by atoms with Gasteiger partial charge in [-0.05, 0) is 36.4 Å². The van der Waals surface area contributed by atoms with E-state index in [2.05, 4.69) is 0 Å². The van der Waals surface area contributed by atoms with Gasteiger partial charge in [0, 0.05) is 45.1 Å². The van der Waals surface area contributed by atoms with Gasteiger partial charge >= 0.3 is 0 Å². The highest BCUT2D eigenvalue weighted by molar-refractivity contribution is 7.89. The molecule has 2 aromatic rings. The SMILES string of the molecule is O=C(c1sccc1S(=O)(=O)N1CCCC1)N1CCC(Oc2ccc(F)cc2F)CC1. The predicted octanol–water partition coefficient (Wildman–Crippen LogP) is 3.49. The average Bonchev–Trinajstić information content (AvgIpc) is 3.43. The molecule has 3 heterocycles. The molecule has 0 aliphatic carbocycles. The van der Waals surface area contributed by atoms with Crippen LogP contribution in [0.4, 0.5) is 8.78 Å². The summed E-state index contributed by atoms with van der Waals surface area (Å²) in [5.41, 5.74) is 0. The molecule has 1 amide bonds. The van der Waals surface area contributed by atoms with Gasteiger partial charge in [-0.3, -0.25) is 4.79 Å². The lowest BCUT2D eigenvalue weighted by atomic mass is 10.1. The maximum absolute atomic E-state index is 13.8. The number of piperidine rings is 1. The number of likely N-dealkylation sites (tertiary alicyclic amines) is 1. The smallest absolute Gasteiger partial charge is 0.265 e. The lowest BCUT2D eigenvalue weighted by Crippen LogP contribution is -2.42. The molecule has 0 saturated carbocycles. The Kier molecular flexibility index (Phi) is 6.08. The van der Waals surface area contributed by atoms with E-state index in [0.29, 0.717) is 39.0 Å². The Morgan fingerprint density at radius 3 is 2.43 bits per heavy atom. The van der Waals surface area contributed by atoms with Crippen molar-refractivity contribution in [3.8, 4) is 5.75 Å². The Morgan fingerprint density at radius 1 is 1.07 bits per heavy atom. The number of sulfonamides is 1. The summed E-state index contributed by atoms with van der Waals surface area (Å²) in [6.45, 7) is 1.70. The first-order valence-corrected chi connectivity index (χ1v) is 12.2. The van der Waals surface area contributed by atoms with Crippen LogP contribution in [0, 0.1) is 11.6 Å². The van der Waals surface area contributed by atoms with Crippen molar-refractivity contribution in [2.75, 3.05) is 26.2 Å². The van der Waals surface area contributed by atoms with Crippen LogP contribution in [0.25, 0.3) is 0 Å². The second kappa shape index (κ2) is 8.60. The van der Waals surface area contributed by atoms with E-state index in [4.69, 9.17) is 4.74 Å². The van der Waals surface area contributed by atoms with E-state index in [1.54, 1.807) is 10.3 Å². The number of thiophene rings is 1. The van der Waals surface area contributed by atoms with Gasteiger partial charge in [0.25, 0.3) is 5.91 Å². The zero-order valence-corrected chi connectivity index (χ0v) is 17.9. The second-order valence-corrected chi connectivity index (χ2v) is 10.2. The lowest BCUT2D eigenvalue weighted by Gasteiger charge is -2.32. The highest BCUT2D eigenvalue weighted by Gasteiger charge is 2.34. The summed E-state index contributed by atoms with van der Waals surface area (Å²) in [5, 5.41) is 1.63. The molecule has 0 bridgehead atoms. The fourth-order valence-corrected chi connectivity index (χ4v) is 6.67. The molecule has 162 valence electrons. The Balaban J connectivity index is 1.41. The van der Waals surface area contributed by atoms with Gasteiger partial charge in [0.1, 0.15) is 21.7 Å². The zero-order chi connectivity index (χ0) is 21.3. The normalized spacial score (nSPS) is 18.7. The van der Waals surface area contributed by atoms with Crippen LogP contribution in [0.1, 0.15) is 35.4 Å².